The molecule has 0 aliphatic heterocycles. The fraction of sp³-hybridized carbons (Fsp3) is 0.600. The van der Waals surface area contributed by atoms with Crippen LogP contribution >= 0.6 is 15.9 Å². The Morgan fingerprint density at radius 1 is 1.33 bits per heavy atom. The third-order valence-electron chi connectivity index (χ3n) is 2.79. The number of ether oxygens (including phenoxy) is 1. The molecule has 0 aliphatic rings. The van der Waals surface area contributed by atoms with Crippen LogP contribution in [0.4, 0.5) is 0 Å². The molecule has 0 radical (unpaired) electrons. The van der Waals surface area contributed by atoms with Crippen molar-refractivity contribution >= 4 is 15.9 Å². The maximum absolute atomic E-state index is 5.41. The molecule has 1 atom stereocenters. The molecule has 0 saturated heterocycles. The lowest BCUT2D eigenvalue weighted by molar-refractivity contribution is 0.374. The van der Waals surface area contributed by atoms with Crippen molar-refractivity contribution in [2.75, 3.05) is 13.7 Å². The van der Waals surface area contributed by atoms with E-state index in [4.69, 9.17) is 4.74 Å². The lowest BCUT2D eigenvalue weighted by atomic mass is 9.99. The highest BCUT2D eigenvalue weighted by molar-refractivity contribution is 9.10. The molecule has 102 valence electrons. The van der Waals surface area contributed by atoms with Crippen LogP contribution < -0.4 is 10.1 Å². The van der Waals surface area contributed by atoms with Crippen LogP contribution in [-0.4, -0.2) is 19.2 Å². The van der Waals surface area contributed by atoms with Gasteiger partial charge in [-0.2, -0.15) is 0 Å². The van der Waals surface area contributed by atoms with Crippen LogP contribution in [0.5, 0.6) is 5.75 Å². The SMILES string of the molecule is COc1ccc(Br)cc1CC(C)CNC(C)(C)C. The molecule has 0 aromatic heterocycles. The van der Waals surface area contributed by atoms with Gasteiger partial charge in [0.1, 0.15) is 5.75 Å². The summed E-state index contributed by atoms with van der Waals surface area (Å²) in [6.07, 6.45) is 1.02. The van der Waals surface area contributed by atoms with Gasteiger partial charge in [-0.25, -0.2) is 0 Å². The molecule has 1 rings (SSSR count). The van der Waals surface area contributed by atoms with Crippen LogP contribution in [0.2, 0.25) is 0 Å². The minimum Gasteiger partial charge on any atom is -0.496 e. The zero-order valence-corrected chi connectivity index (χ0v) is 13.6. The molecule has 0 amide bonds. The molecule has 0 bridgehead atoms. The molecular formula is C15H24BrNO. The van der Waals surface area contributed by atoms with Gasteiger partial charge in [0.15, 0.2) is 0 Å². The van der Waals surface area contributed by atoms with Crippen LogP contribution in [0.15, 0.2) is 22.7 Å². The molecule has 1 unspecified atom stereocenters. The first-order chi connectivity index (χ1) is 8.31. The van der Waals surface area contributed by atoms with Gasteiger partial charge in [0.05, 0.1) is 7.11 Å². The van der Waals surface area contributed by atoms with Crippen molar-refractivity contribution in [1.82, 2.24) is 5.32 Å². The highest BCUT2D eigenvalue weighted by Crippen LogP contribution is 2.25. The quantitative estimate of drug-likeness (QED) is 0.886. The van der Waals surface area contributed by atoms with Crippen molar-refractivity contribution in [3.63, 3.8) is 0 Å². The second-order valence-electron chi connectivity index (χ2n) is 5.90. The normalized spacial score (nSPS) is 13.4. The Hall–Kier alpha value is -0.540. The van der Waals surface area contributed by atoms with Gasteiger partial charge in [0, 0.05) is 10.0 Å². The zero-order chi connectivity index (χ0) is 13.8. The highest BCUT2D eigenvalue weighted by atomic mass is 79.9. The zero-order valence-electron chi connectivity index (χ0n) is 12.0. The number of benzene rings is 1. The van der Waals surface area contributed by atoms with Gasteiger partial charge in [-0.3, -0.25) is 0 Å². The molecule has 0 saturated carbocycles. The molecule has 1 aromatic rings. The third-order valence-corrected chi connectivity index (χ3v) is 3.28. The Balaban J connectivity index is 2.63. The maximum atomic E-state index is 5.41. The largest absolute Gasteiger partial charge is 0.496 e. The van der Waals surface area contributed by atoms with Crippen LogP contribution in [0.3, 0.4) is 0 Å². The Morgan fingerprint density at radius 2 is 2.00 bits per heavy atom. The summed E-state index contributed by atoms with van der Waals surface area (Å²) in [5.74, 6) is 1.55. The first-order valence-electron chi connectivity index (χ1n) is 6.39. The van der Waals surface area contributed by atoms with E-state index in [1.165, 1.54) is 5.56 Å². The summed E-state index contributed by atoms with van der Waals surface area (Å²) in [5, 5.41) is 3.54. The topological polar surface area (TPSA) is 21.3 Å². The summed E-state index contributed by atoms with van der Waals surface area (Å²) >= 11 is 3.51. The minimum atomic E-state index is 0.176. The second kappa shape index (κ2) is 6.58. The Bertz CT molecular complexity index is 385. The molecule has 0 aliphatic carbocycles. The van der Waals surface area contributed by atoms with Crippen molar-refractivity contribution in [3.05, 3.63) is 28.2 Å². The lowest BCUT2D eigenvalue weighted by Gasteiger charge is -2.24. The van der Waals surface area contributed by atoms with E-state index in [2.05, 4.69) is 55.0 Å². The van der Waals surface area contributed by atoms with Crippen molar-refractivity contribution < 1.29 is 4.74 Å². The number of nitrogens with one attached hydrogen (secondary N) is 1. The van der Waals surface area contributed by atoms with E-state index in [9.17, 15) is 0 Å². The van der Waals surface area contributed by atoms with Gasteiger partial charge in [0.2, 0.25) is 0 Å². The molecule has 0 heterocycles. The van der Waals surface area contributed by atoms with Gasteiger partial charge in [-0.1, -0.05) is 22.9 Å². The van der Waals surface area contributed by atoms with E-state index in [0.717, 1.165) is 23.2 Å². The summed E-state index contributed by atoms with van der Waals surface area (Å²) in [7, 11) is 1.73. The molecule has 3 heteroatoms. The fourth-order valence-corrected chi connectivity index (χ4v) is 2.24. The molecule has 1 aromatic carbocycles. The van der Waals surface area contributed by atoms with E-state index in [-0.39, 0.29) is 5.54 Å². The Labute approximate surface area is 119 Å². The van der Waals surface area contributed by atoms with Gasteiger partial charge in [-0.05, 0) is 63.4 Å². The first-order valence-corrected chi connectivity index (χ1v) is 7.18. The molecule has 18 heavy (non-hydrogen) atoms. The summed E-state index contributed by atoms with van der Waals surface area (Å²) in [6, 6.07) is 6.18. The van der Waals surface area contributed by atoms with Crippen molar-refractivity contribution in [3.8, 4) is 5.75 Å². The predicted molar refractivity (Wildman–Crippen MR) is 81.3 cm³/mol. The average molecular weight is 314 g/mol. The number of hydrogen-bond donors (Lipinski definition) is 1. The van der Waals surface area contributed by atoms with Gasteiger partial charge in [-0.15, -0.1) is 0 Å². The Morgan fingerprint density at radius 3 is 2.56 bits per heavy atom. The summed E-state index contributed by atoms with van der Waals surface area (Å²) in [4.78, 5) is 0. The monoisotopic (exact) mass is 313 g/mol. The second-order valence-corrected chi connectivity index (χ2v) is 6.81. The average Bonchev–Trinajstić information content (AvgIpc) is 2.26. The van der Waals surface area contributed by atoms with Crippen LogP contribution in [-0.2, 0) is 6.42 Å². The van der Waals surface area contributed by atoms with Gasteiger partial charge >= 0.3 is 0 Å². The van der Waals surface area contributed by atoms with E-state index in [1.54, 1.807) is 7.11 Å². The van der Waals surface area contributed by atoms with Crippen molar-refractivity contribution in [2.45, 2.75) is 39.7 Å². The number of rotatable bonds is 5. The fourth-order valence-electron chi connectivity index (χ4n) is 1.83. The third kappa shape index (κ3) is 5.40. The molecule has 2 nitrogen and oxygen atoms in total. The molecule has 0 spiro atoms. The van der Waals surface area contributed by atoms with E-state index >= 15 is 0 Å². The van der Waals surface area contributed by atoms with Gasteiger partial charge < -0.3 is 10.1 Å². The van der Waals surface area contributed by atoms with Crippen LogP contribution in [0.25, 0.3) is 0 Å². The maximum Gasteiger partial charge on any atom is 0.122 e. The smallest absolute Gasteiger partial charge is 0.122 e. The highest BCUT2D eigenvalue weighted by Gasteiger charge is 2.13. The van der Waals surface area contributed by atoms with E-state index in [0.29, 0.717) is 5.92 Å². The lowest BCUT2D eigenvalue weighted by Crippen LogP contribution is -2.39. The minimum absolute atomic E-state index is 0.176. The van der Waals surface area contributed by atoms with Gasteiger partial charge in [0.25, 0.3) is 0 Å². The summed E-state index contributed by atoms with van der Waals surface area (Å²) in [6.45, 7) is 9.86. The molecular weight excluding hydrogens is 290 g/mol. The number of hydrogen-bond acceptors (Lipinski definition) is 2. The standard InChI is InChI=1S/C15H24BrNO/c1-11(10-17-15(2,3)4)8-12-9-13(16)6-7-14(12)18-5/h6-7,9,11,17H,8,10H2,1-5H3. The van der Waals surface area contributed by atoms with Crippen LogP contribution in [0, 0.1) is 5.92 Å². The van der Waals surface area contributed by atoms with Crippen molar-refractivity contribution in [1.29, 1.82) is 0 Å². The predicted octanol–water partition coefficient (Wildman–Crippen LogP) is 4.02. The molecule has 1 N–H and O–H groups in total. The number of methoxy groups -OCH3 is 1. The summed E-state index contributed by atoms with van der Waals surface area (Å²) in [5.41, 5.74) is 1.44. The van der Waals surface area contributed by atoms with Crippen LogP contribution in [0.1, 0.15) is 33.3 Å². The van der Waals surface area contributed by atoms with Crippen molar-refractivity contribution in [2.24, 2.45) is 5.92 Å². The first kappa shape index (κ1) is 15.5. The summed E-state index contributed by atoms with van der Waals surface area (Å²) < 4.78 is 6.51. The molecule has 0 fully saturated rings. The number of halogens is 1. The van der Waals surface area contributed by atoms with E-state index in [1.807, 2.05) is 12.1 Å². The van der Waals surface area contributed by atoms with E-state index < -0.39 is 0 Å². The Kier molecular flexibility index (Phi) is 5.67.